The van der Waals surface area contributed by atoms with Crippen molar-refractivity contribution in [2.45, 2.75) is 94.8 Å². The van der Waals surface area contributed by atoms with Gasteiger partial charge in [-0.1, -0.05) is 19.1 Å². The molecule has 0 saturated carbocycles. The van der Waals surface area contributed by atoms with Crippen LogP contribution < -0.4 is 0 Å². The van der Waals surface area contributed by atoms with Crippen molar-refractivity contribution >= 4 is 22.8 Å². The Kier molecular flexibility index (Phi) is 7.99. The first-order chi connectivity index (χ1) is 17.8. The summed E-state index contributed by atoms with van der Waals surface area (Å²) in [5, 5.41) is 0. The molecule has 2 aliphatic heterocycles. The first kappa shape index (κ1) is 26.7. The Bertz CT molecular complexity index is 1210. The van der Waals surface area contributed by atoms with E-state index in [1.54, 1.807) is 17.8 Å². The van der Waals surface area contributed by atoms with Gasteiger partial charge in [0.05, 0.1) is 11.0 Å². The Morgan fingerprint density at radius 2 is 1.78 bits per heavy atom. The Hall–Kier alpha value is -1.89. The molecule has 3 heterocycles. The van der Waals surface area contributed by atoms with Gasteiger partial charge in [0.1, 0.15) is 11.6 Å². The molecule has 2 fully saturated rings. The second kappa shape index (κ2) is 11.1. The van der Waals surface area contributed by atoms with Gasteiger partial charge in [0.2, 0.25) is 0 Å². The molecule has 0 radical (unpaired) electrons. The van der Waals surface area contributed by atoms with Gasteiger partial charge in [-0.05, 0) is 102 Å². The van der Waals surface area contributed by atoms with Crippen LogP contribution >= 0.6 is 11.8 Å². The normalized spacial score (nSPS) is 24.4. The zero-order valence-corrected chi connectivity index (χ0v) is 24.2. The Morgan fingerprint density at radius 3 is 2.41 bits per heavy atom. The number of hydrogen-bond donors (Lipinski definition) is 0. The summed E-state index contributed by atoms with van der Waals surface area (Å²) >= 11 is 1.73. The molecule has 2 saturated heterocycles. The number of thioether (sulfide) groups is 1. The van der Waals surface area contributed by atoms with Gasteiger partial charge in [-0.15, -0.1) is 11.8 Å². The summed E-state index contributed by atoms with van der Waals surface area (Å²) < 4.78 is 17.5. The first-order valence-electron chi connectivity index (χ1n) is 14.1. The predicted molar refractivity (Wildman–Crippen MR) is 155 cm³/mol. The summed E-state index contributed by atoms with van der Waals surface area (Å²) in [6.45, 7) is 11.5. The van der Waals surface area contributed by atoms with E-state index in [9.17, 15) is 0 Å². The standard InChI is InChI=1S/C31H43FN4S/c1-7-24-17-25(16-21(4)36(24)20(2)3)35-14-12-22(13-15-35)27-18-30-29(19-28(27)32)33-31(34(30)5)23-8-10-26(37-6)11-9-23/h8-11,18-22,24-25H,7,12-17H2,1-6H3. The number of aryl methyl sites for hydroxylation is 1. The molecule has 6 heteroatoms. The smallest absolute Gasteiger partial charge is 0.140 e. The average Bonchev–Trinajstić information content (AvgIpc) is 3.22. The number of rotatable bonds is 6. The molecule has 37 heavy (non-hydrogen) atoms. The number of aromatic nitrogens is 2. The van der Waals surface area contributed by atoms with Crippen molar-refractivity contribution in [1.82, 2.24) is 19.4 Å². The predicted octanol–water partition coefficient (Wildman–Crippen LogP) is 7.32. The molecule has 200 valence electrons. The highest BCUT2D eigenvalue weighted by atomic mass is 32.2. The molecular weight excluding hydrogens is 479 g/mol. The van der Waals surface area contributed by atoms with E-state index in [1.165, 1.54) is 24.2 Å². The van der Waals surface area contributed by atoms with E-state index >= 15 is 4.39 Å². The van der Waals surface area contributed by atoms with Gasteiger partial charge in [-0.2, -0.15) is 0 Å². The van der Waals surface area contributed by atoms with Crippen LogP contribution in [0.25, 0.3) is 22.4 Å². The minimum Gasteiger partial charge on any atom is -0.327 e. The Labute approximate surface area is 226 Å². The van der Waals surface area contributed by atoms with Crippen LogP contribution in [-0.4, -0.2) is 62.9 Å². The minimum atomic E-state index is -0.0989. The van der Waals surface area contributed by atoms with E-state index in [1.807, 2.05) is 7.05 Å². The lowest BCUT2D eigenvalue weighted by molar-refractivity contribution is -0.000249. The Balaban J connectivity index is 1.31. The largest absolute Gasteiger partial charge is 0.327 e. The van der Waals surface area contributed by atoms with Crippen molar-refractivity contribution < 1.29 is 4.39 Å². The van der Waals surface area contributed by atoms with Gasteiger partial charge in [-0.25, -0.2) is 9.37 Å². The van der Waals surface area contributed by atoms with E-state index in [0.717, 1.165) is 53.9 Å². The molecule has 3 atom stereocenters. The van der Waals surface area contributed by atoms with Crippen LogP contribution in [-0.2, 0) is 7.05 Å². The lowest BCUT2D eigenvalue weighted by Crippen LogP contribution is -2.56. The van der Waals surface area contributed by atoms with Crippen LogP contribution in [0, 0.1) is 5.82 Å². The fourth-order valence-electron chi connectivity index (χ4n) is 7.13. The van der Waals surface area contributed by atoms with E-state index in [-0.39, 0.29) is 11.7 Å². The summed E-state index contributed by atoms with van der Waals surface area (Å²) in [6, 6.07) is 14.7. The third kappa shape index (κ3) is 5.22. The van der Waals surface area contributed by atoms with Crippen LogP contribution in [0.3, 0.4) is 0 Å². The van der Waals surface area contributed by atoms with E-state index in [4.69, 9.17) is 4.98 Å². The minimum absolute atomic E-state index is 0.0989. The van der Waals surface area contributed by atoms with Gasteiger partial charge in [0.25, 0.3) is 0 Å². The van der Waals surface area contributed by atoms with E-state index in [0.29, 0.717) is 24.2 Å². The molecule has 2 aliphatic rings. The molecule has 3 unspecified atom stereocenters. The monoisotopic (exact) mass is 522 g/mol. The zero-order chi connectivity index (χ0) is 26.3. The lowest BCUT2D eigenvalue weighted by atomic mass is 9.84. The molecule has 4 nitrogen and oxygen atoms in total. The summed E-state index contributed by atoms with van der Waals surface area (Å²) in [5.74, 6) is 1.06. The number of benzene rings is 2. The maximum atomic E-state index is 15.4. The van der Waals surface area contributed by atoms with Crippen molar-refractivity contribution in [3.63, 3.8) is 0 Å². The van der Waals surface area contributed by atoms with Crippen molar-refractivity contribution in [2.24, 2.45) is 7.05 Å². The SMILES string of the molecule is CCC1CC(N2CCC(c3cc4c(cc3F)nc(-c3ccc(SC)cc3)n4C)CC2)CC(C)N1C(C)C. The summed E-state index contributed by atoms with van der Waals surface area (Å²) in [4.78, 5) is 11.5. The number of fused-ring (bicyclic) bond motifs is 1. The van der Waals surface area contributed by atoms with Gasteiger partial charge < -0.3 is 9.47 Å². The number of likely N-dealkylation sites (tertiary alicyclic amines) is 2. The molecule has 0 N–H and O–H groups in total. The fraction of sp³-hybridized carbons (Fsp3) is 0.581. The van der Waals surface area contributed by atoms with Gasteiger partial charge in [0.15, 0.2) is 0 Å². The maximum absolute atomic E-state index is 15.4. The van der Waals surface area contributed by atoms with Crippen molar-refractivity contribution in [3.8, 4) is 11.4 Å². The van der Waals surface area contributed by atoms with Crippen LogP contribution in [0.4, 0.5) is 4.39 Å². The summed E-state index contributed by atoms with van der Waals surface area (Å²) in [7, 11) is 2.05. The van der Waals surface area contributed by atoms with Gasteiger partial charge >= 0.3 is 0 Å². The van der Waals surface area contributed by atoms with Crippen LogP contribution in [0.5, 0.6) is 0 Å². The van der Waals surface area contributed by atoms with E-state index < -0.39 is 0 Å². The van der Waals surface area contributed by atoms with Crippen molar-refractivity contribution in [1.29, 1.82) is 0 Å². The Morgan fingerprint density at radius 1 is 1.08 bits per heavy atom. The van der Waals surface area contributed by atoms with Crippen LogP contribution in [0.15, 0.2) is 41.3 Å². The fourth-order valence-corrected chi connectivity index (χ4v) is 7.54. The second-order valence-electron chi connectivity index (χ2n) is 11.5. The van der Waals surface area contributed by atoms with Crippen LogP contribution in [0.2, 0.25) is 0 Å². The van der Waals surface area contributed by atoms with Crippen LogP contribution in [0.1, 0.15) is 71.3 Å². The highest BCUT2D eigenvalue weighted by Gasteiger charge is 2.37. The molecule has 0 aliphatic carbocycles. The number of hydrogen-bond acceptors (Lipinski definition) is 4. The topological polar surface area (TPSA) is 24.3 Å². The van der Waals surface area contributed by atoms with Gasteiger partial charge in [0, 0.05) is 47.7 Å². The molecule has 3 aromatic rings. The number of piperidine rings is 2. The molecule has 0 spiro atoms. The summed E-state index contributed by atoms with van der Waals surface area (Å²) in [5.41, 5.74) is 3.69. The van der Waals surface area contributed by atoms with E-state index in [2.05, 4.69) is 78.6 Å². The highest BCUT2D eigenvalue weighted by Crippen LogP contribution is 2.37. The molecule has 5 rings (SSSR count). The molecule has 1 aromatic heterocycles. The van der Waals surface area contributed by atoms with Gasteiger partial charge in [-0.3, -0.25) is 4.90 Å². The third-order valence-electron chi connectivity index (χ3n) is 8.99. The molecular formula is C31H43FN4S. The maximum Gasteiger partial charge on any atom is 0.140 e. The highest BCUT2D eigenvalue weighted by molar-refractivity contribution is 7.98. The average molecular weight is 523 g/mol. The first-order valence-corrected chi connectivity index (χ1v) is 15.3. The lowest BCUT2D eigenvalue weighted by Gasteiger charge is -2.50. The zero-order valence-electron chi connectivity index (χ0n) is 23.4. The third-order valence-corrected chi connectivity index (χ3v) is 9.73. The van der Waals surface area contributed by atoms with Crippen molar-refractivity contribution in [2.75, 3.05) is 19.3 Å². The number of imidazole rings is 1. The quantitative estimate of drug-likeness (QED) is 0.317. The second-order valence-corrected chi connectivity index (χ2v) is 12.4. The summed E-state index contributed by atoms with van der Waals surface area (Å²) in [6.07, 6.45) is 7.86. The molecule has 2 aromatic carbocycles. The number of halogens is 1. The number of nitrogens with zero attached hydrogens (tertiary/aromatic N) is 4. The molecule has 0 bridgehead atoms. The van der Waals surface area contributed by atoms with Crippen molar-refractivity contribution in [3.05, 3.63) is 47.8 Å². The molecule has 0 amide bonds.